The number of rotatable bonds is 3. The predicted molar refractivity (Wildman–Crippen MR) is 60.5 cm³/mol. The minimum Gasteiger partial charge on any atom is -0.476 e. The first-order chi connectivity index (χ1) is 9.04. The van der Waals surface area contributed by atoms with Crippen LogP contribution in [-0.4, -0.2) is 23.7 Å². The monoisotopic (exact) mass is 270 g/mol. The number of nitrogens with one attached hydrogen (secondary N) is 1. The van der Waals surface area contributed by atoms with E-state index in [1.165, 1.54) is 6.07 Å². The van der Waals surface area contributed by atoms with Crippen LogP contribution in [-0.2, 0) is 6.18 Å². The molecule has 3 unspecified atom stereocenters. The van der Waals surface area contributed by atoms with Gasteiger partial charge >= 0.3 is 6.18 Å². The Labute approximate surface area is 108 Å². The van der Waals surface area contributed by atoms with Crippen LogP contribution in [0, 0.1) is 17.8 Å². The molecule has 0 radical (unpaired) electrons. The second kappa shape index (κ2) is 3.62. The highest BCUT2D eigenvalue weighted by Crippen LogP contribution is 2.72. The van der Waals surface area contributed by atoms with Crippen molar-refractivity contribution in [3.8, 4) is 5.88 Å². The largest absolute Gasteiger partial charge is 0.476 e. The van der Waals surface area contributed by atoms with Gasteiger partial charge in [0.05, 0.1) is 5.56 Å². The maximum Gasteiger partial charge on any atom is 0.417 e. The van der Waals surface area contributed by atoms with E-state index in [-0.39, 0.29) is 5.88 Å². The van der Waals surface area contributed by atoms with Crippen LogP contribution in [0.1, 0.15) is 12.0 Å². The van der Waals surface area contributed by atoms with Gasteiger partial charge in [0.15, 0.2) is 0 Å². The number of pyridine rings is 1. The maximum atomic E-state index is 12.4. The van der Waals surface area contributed by atoms with Gasteiger partial charge in [-0.25, -0.2) is 4.98 Å². The third-order valence-electron chi connectivity index (χ3n) is 4.46. The van der Waals surface area contributed by atoms with Gasteiger partial charge in [0.2, 0.25) is 5.88 Å². The van der Waals surface area contributed by atoms with E-state index in [0.717, 1.165) is 36.4 Å². The van der Waals surface area contributed by atoms with E-state index in [0.29, 0.717) is 18.7 Å². The molecule has 1 aromatic heterocycles. The molecule has 0 spiro atoms. The minimum atomic E-state index is -4.35. The zero-order chi connectivity index (χ0) is 13.2. The molecule has 0 amide bonds. The molecule has 102 valence electrons. The third kappa shape index (κ3) is 1.89. The molecule has 5 atom stereocenters. The highest BCUT2D eigenvalue weighted by atomic mass is 19.4. The van der Waals surface area contributed by atoms with Gasteiger partial charge in [0.1, 0.15) is 6.61 Å². The summed E-state index contributed by atoms with van der Waals surface area (Å²) in [4.78, 5) is 3.69. The van der Waals surface area contributed by atoms with Crippen LogP contribution < -0.4 is 10.1 Å². The molecule has 2 aliphatic heterocycles. The second-order valence-corrected chi connectivity index (χ2v) is 5.64. The molecule has 1 N–H and O–H groups in total. The molecule has 2 saturated carbocycles. The SMILES string of the molecule is FC(F)(F)c1ccc(OC[C@@H]2CC3C4C(N2)[C@H]34)nc1. The lowest BCUT2D eigenvalue weighted by atomic mass is 9.96. The summed E-state index contributed by atoms with van der Waals surface area (Å²) in [7, 11) is 0. The summed E-state index contributed by atoms with van der Waals surface area (Å²) in [6.07, 6.45) is -2.42. The van der Waals surface area contributed by atoms with Crippen molar-refractivity contribution in [1.29, 1.82) is 0 Å². The predicted octanol–water partition coefficient (Wildman–Crippen LogP) is 2.09. The summed E-state index contributed by atoms with van der Waals surface area (Å²) < 4.78 is 42.5. The Hall–Kier alpha value is -1.30. The minimum absolute atomic E-state index is 0.251. The van der Waals surface area contributed by atoms with Crippen LogP contribution in [0.3, 0.4) is 0 Å². The van der Waals surface area contributed by atoms with Crippen molar-refractivity contribution in [2.45, 2.75) is 24.7 Å². The molecular weight excluding hydrogens is 257 g/mol. The van der Waals surface area contributed by atoms with Crippen LogP contribution in [0.15, 0.2) is 18.3 Å². The number of fused-ring (bicyclic) bond motifs is 2. The van der Waals surface area contributed by atoms with Gasteiger partial charge in [-0.2, -0.15) is 13.2 Å². The summed E-state index contributed by atoms with van der Waals surface area (Å²) >= 11 is 0. The van der Waals surface area contributed by atoms with Crippen molar-refractivity contribution < 1.29 is 17.9 Å². The molecule has 0 aromatic carbocycles. The molecule has 2 aliphatic carbocycles. The number of hydrogen-bond donors (Lipinski definition) is 1. The van der Waals surface area contributed by atoms with Crippen LogP contribution in [0.25, 0.3) is 0 Å². The first-order valence-electron chi connectivity index (χ1n) is 6.46. The molecule has 3 heterocycles. The molecule has 2 saturated heterocycles. The van der Waals surface area contributed by atoms with Crippen LogP contribution in [0.5, 0.6) is 5.88 Å². The fraction of sp³-hybridized carbons (Fsp3) is 0.615. The zero-order valence-corrected chi connectivity index (χ0v) is 10.0. The number of nitrogens with zero attached hydrogens (tertiary/aromatic N) is 1. The lowest BCUT2D eigenvalue weighted by Gasteiger charge is -2.29. The average Bonchev–Trinajstić information content (AvgIpc) is 3.28. The van der Waals surface area contributed by atoms with Crippen LogP contribution in [0.4, 0.5) is 13.2 Å². The molecule has 4 fully saturated rings. The summed E-state index contributed by atoms with van der Waals surface area (Å²) in [6, 6.07) is 3.28. The third-order valence-corrected chi connectivity index (χ3v) is 4.46. The van der Waals surface area contributed by atoms with Gasteiger partial charge in [0, 0.05) is 24.3 Å². The molecular formula is C13H13F3N2O. The lowest BCUT2D eigenvalue weighted by Crippen LogP contribution is -2.46. The summed E-state index contributed by atoms with van der Waals surface area (Å²) in [5.41, 5.74) is -0.750. The van der Waals surface area contributed by atoms with Crippen molar-refractivity contribution in [3.63, 3.8) is 0 Å². The van der Waals surface area contributed by atoms with Crippen molar-refractivity contribution in [2.24, 2.45) is 17.8 Å². The Bertz CT molecular complexity index is 478. The Morgan fingerprint density at radius 3 is 2.63 bits per heavy atom. The normalized spacial score (nSPS) is 38.6. The summed E-state index contributed by atoms with van der Waals surface area (Å²) in [5, 5.41) is 3.49. The van der Waals surface area contributed by atoms with Crippen molar-refractivity contribution in [2.75, 3.05) is 6.61 Å². The highest BCUT2D eigenvalue weighted by Gasteiger charge is 2.75. The molecule has 5 rings (SSSR count). The molecule has 19 heavy (non-hydrogen) atoms. The molecule has 6 heteroatoms. The lowest BCUT2D eigenvalue weighted by molar-refractivity contribution is -0.137. The van der Waals surface area contributed by atoms with Gasteiger partial charge < -0.3 is 10.1 Å². The van der Waals surface area contributed by atoms with Crippen molar-refractivity contribution in [3.05, 3.63) is 23.9 Å². The first kappa shape index (κ1) is 11.5. The van der Waals surface area contributed by atoms with Crippen LogP contribution in [0.2, 0.25) is 0 Å². The maximum absolute atomic E-state index is 12.4. The average molecular weight is 270 g/mol. The number of piperidine rings is 2. The molecule has 4 aliphatic rings. The van der Waals surface area contributed by atoms with Crippen molar-refractivity contribution in [1.82, 2.24) is 10.3 Å². The number of hydrogen-bond acceptors (Lipinski definition) is 3. The fourth-order valence-electron chi connectivity index (χ4n) is 3.32. The molecule has 1 aromatic rings. The van der Waals surface area contributed by atoms with E-state index in [9.17, 15) is 13.2 Å². The molecule has 2 bridgehead atoms. The first-order valence-corrected chi connectivity index (χ1v) is 6.46. The Kier molecular flexibility index (Phi) is 2.20. The van der Waals surface area contributed by atoms with Gasteiger partial charge in [-0.1, -0.05) is 0 Å². The zero-order valence-electron chi connectivity index (χ0n) is 10.0. The van der Waals surface area contributed by atoms with E-state index in [1.54, 1.807) is 0 Å². The fourth-order valence-corrected chi connectivity index (χ4v) is 3.32. The van der Waals surface area contributed by atoms with Gasteiger partial charge in [-0.3, -0.25) is 0 Å². The highest BCUT2D eigenvalue weighted by molar-refractivity contribution is 5.28. The number of alkyl halides is 3. The Morgan fingerprint density at radius 1 is 1.32 bits per heavy atom. The number of ether oxygens (including phenoxy) is 1. The Morgan fingerprint density at radius 2 is 2.11 bits per heavy atom. The smallest absolute Gasteiger partial charge is 0.417 e. The van der Waals surface area contributed by atoms with E-state index < -0.39 is 11.7 Å². The topological polar surface area (TPSA) is 34.1 Å². The quantitative estimate of drug-likeness (QED) is 0.913. The second-order valence-electron chi connectivity index (χ2n) is 5.64. The van der Waals surface area contributed by atoms with Gasteiger partial charge in [-0.15, -0.1) is 0 Å². The number of halogens is 3. The van der Waals surface area contributed by atoms with Crippen LogP contribution >= 0.6 is 0 Å². The summed E-state index contributed by atoms with van der Waals surface area (Å²) in [5.74, 6) is 2.96. The standard InChI is InChI=1S/C13H13F3N2O/c14-13(15,16)6-1-2-9(17-4-6)19-5-7-3-8-10-11(8)12(10)18-7/h1-2,4,7-8,10-12,18H,3,5H2/t7-,8?,10+,11?,12?/m0/s1. The van der Waals surface area contributed by atoms with E-state index in [1.807, 2.05) is 0 Å². The summed E-state index contributed by atoms with van der Waals surface area (Å²) in [6.45, 7) is 0.477. The van der Waals surface area contributed by atoms with Gasteiger partial charge in [0.25, 0.3) is 0 Å². The van der Waals surface area contributed by atoms with Crippen molar-refractivity contribution >= 4 is 0 Å². The van der Waals surface area contributed by atoms with Gasteiger partial charge in [-0.05, 0) is 30.2 Å². The van der Waals surface area contributed by atoms with E-state index >= 15 is 0 Å². The Balaban J connectivity index is 1.32. The van der Waals surface area contributed by atoms with E-state index in [2.05, 4.69) is 10.3 Å². The molecule has 3 nitrogen and oxygen atoms in total. The van der Waals surface area contributed by atoms with E-state index in [4.69, 9.17) is 4.74 Å². The number of aromatic nitrogens is 1.